The molecule has 1 aliphatic rings. The number of methoxy groups -OCH3 is 1. The fourth-order valence-corrected chi connectivity index (χ4v) is 5.19. The maximum atomic E-state index is 12.5. The number of hydrogen-bond acceptors (Lipinski definition) is 7. The molecule has 1 N–H and O–H groups in total. The normalized spacial score (nSPS) is 14.8. The number of hydrogen-bond donors (Lipinski definition) is 1. The van der Waals surface area contributed by atoms with Crippen molar-refractivity contribution in [3.8, 4) is 0 Å². The van der Waals surface area contributed by atoms with Crippen LogP contribution in [0.5, 0.6) is 0 Å². The number of nitrogens with one attached hydrogen (secondary N) is 1. The van der Waals surface area contributed by atoms with Crippen LogP contribution < -0.4 is 5.32 Å². The first-order valence-corrected chi connectivity index (χ1v) is 11.0. The summed E-state index contributed by atoms with van der Waals surface area (Å²) in [5.74, 6) is -1.29. The number of anilines is 1. The average molecular weight is 451 g/mol. The van der Waals surface area contributed by atoms with E-state index in [1.165, 1.54) is 30.2 Å². The van der Waals surface area contributed by atoms with E-state index in [4.69, 9.17) is 9.47 Å². The lowest BCUT2D eigenvalue weighted by atomic mass is 9.83. The molecule has 1 aromatic carbocycles. The Labute approximate surface area is 189 Å². The molecule has 0 fully saturated rings. The van der Waals surface area contributed by atoms with Crippen LogP contribution in [-0.2, 0) is 27.1 Å². The van der Waals surface area contributed by atoms with Gasteiger partial charge in [0.1, 0.15) is 5.00 Å². The number of pyridine rings is 1. The van der Waals surface area contributed by atoms with Gasteiger partial charge in [0.2, 0.25) is 0 Å². The standard InChI is InChI=1S/C24H22N2O5S/c1-30-24(29)21-18-10-9-16(15-6-3-2-4-7-15)12-19(18)32-22(21)26-20(27)14-31-23(28)17-8-5-11-25-13-17/h2-8,11,13,16H,9-10,12,14H2,1H3,(H,26,27). The number of carbonyl (C=O) groups excluding carboxylic acids is 3. The van der Waals surface area contributed by atoms with E-state index < -0.39 is 24.5 Å². The molecule has 1 unspecified atom stereocenters. The molecule has 0 saturated carbocycles. The molecule has 8 heteroatoms. The fraction of sp³-hybridized carbons (Fsp3) is 0.250. The van der Waals surface area contributed by atoms with Crippen LogP contribution in [-0.4, -0.2) is 36.5 Å². The van der Waals surface area contributed by atoms with Crippen molar-refractivity contribution in [1.29, 1.82) is 0 Å². The minimum atomic E-state index is -0.641. The average Bonchev–Trinajstić information content (AvgIpc) is 3.20. The van der Waals surface area contributed by atoms with Crippen molar-refractivity contribution in [2.75, 3.05) is 19.0 Å². The predicted octanol–water partition coefficient (Wildman–Crippen LogP) is 4.00. The predicted molar refractivity (Wildman–Crippen MR) is 120 cm³/mol. The Balaban J connectivity index is 1.49. The molecule has 0 aliphatic heterocycles. The van der Waals surface area contributed by atoms with Crippen LogP contribution in [0, 0.1) is 0 Å². The van der Waals surface area contributed by atoms with Crippen molar-refractivity contribution in [1.82, 2.24) is 4.98 Å². The Hall–Kier alpha value is -3.52. The van der Waals surface area contributed by atoms with Gasteiger partial charge < -0.3 is 14.8 Å². The highest BCUT2D eigenvalue weighted by Crippen LogP contribution is 2.42. The molecule has 0 radical (unpaired) electrons. The second-order valence-corrected chi connectivity index (χ2v) is 8.52. The van der Waals surface area contributed by atoms with Crippen molar-refractivity contribution in [3.63, 3.8) is 0 Å². The largest absolute Gasteiger partial charge is 0.465 e. The smallest absolute Gasteiger partial charge is 0.341 e. The van der Waals surface area contributed by atoms with Crippen molar-refractivity contribution in [3.05, 3.63) is 82.0 Å². The van der Waals surface area contributed by atoms with Gasteiger partial charge in [0.05, 0.1) is 18.2 Å². The minimum absolute atomic E-state index is 0.258. The summed E-state index contributed by atoms with van der Waals surface area (Å²) in [7, 11) is 1.32. The third-order valence-electron chi connectivity index (χ3n) is 5.41. The van der Waals surface area contributed by atoms with Crippen molar-refractivity contribution >= 4 is 34.2 Å². The van der Waals surface area contributed by atoms with Gasteiger partial charge in [-0.05, 0) is 48.4 Å². The number of esters is 2. The Kier molecular flexibility index (Phi) is 6.61. The molecule has 1 aliphatic carbocycles. The lowest BCUT2D eigenvalue weighted by Gasteiger charge is -2.22. The SMILES string of the molecule is COC(=O)c1c(NC(=O)COC(=O)c2cccnc2)sc2c1CCC(c1ccccc1)C2. The highest BCUT2D eigenvalue weighted by Gasteiger charge is 2.30. The maximum Gasteiger partial charge on any atom is 0.341 e. The number of nitrogens with zero attached hydrogens (tertiary/aromatic N) is 1. The van der Waals surface area contributed by atoms with Crippen LogP contribution in [0.25, 0.3) is 0 Å². The highest BCUT2D eigenvalue weighted by molar-refractivity contribution is 7.17. The quantitative estimate of drug-likeness (QED) is 0.571. The first kappa shape index (κ1) is 21.7. The van der Waals surface area contributed by atoms with Crippen LogP contribution in [0.4, 0.5) is 5.00 Å². The monoisotopic (exact) mass is 450 g/mol. The van der Waals surface area contributed by atoms with Gasteiger partial charge in [0, 0.05) is 17.3 Å². The van der Waals surface area contributed by atoms with Crippen molar-refractivity contribution in [2.45, 2.75) is 25.2 Å². The summed E-state index contributed by atoms with van der Waals surface area (Å²) >= 11 is 1.38. The maximum absolute atomic E-state index is 12.5. The van der Waals surface area contributed by atoms with Gasteiger partial charge in [0.15, 0.2) is 6.61 Å². The molecule has 3 aromatic rings. The number of benzene rings is 1. The van der Waals surface area contributed by atoms with Gasteiger partial charge in [0.25, 0.3) is 5.91 Å². The van der Waals surface area contributed by atoms with E-state index in [0.717, 1.165) is 29.7 Å². The summed E-state index contributed by atoms with van der Waals surface area (Å²) in [6, 6.07) is 13.4. The number of ether oxygens (including phenoxy) is 2. The summed E-state index contributed by atoms with van der Waals surface area (Å²) in [4.78, 5) is 41.9. The fourth-order valence-electron chi connectivity index (χ4n) is 3.86. The zero-order chi connectivity index (χ0) is 22.5. The molecule has 7 nitrogen and oxygen atoms in total. The van der Waals surface area contributed by atoms with Gasteiger partial charge in [-0.1, -0.05) is 30.3 Å². The summed E-state index contributed by atoms with van der Waals surface area (Å²) in [6.45, 7) is -0.469. The first-order chi connectivity index (χ1) is 15.6. The number of thiophene rings is 1. The number of amides is 1. The van der Waals surface area contributed by atoms with Gasteiger partial charge >= 0.3 is 11.9 Å². The van der Waals surface area contributed by atoms with Gasteiger partial charge in [-0.2, -0.15) is 0 Å². The van der Waals surface area contributed by atoms with Crippen LogP contribution in [0.3, 0.4) is 0 Å². The van der Waals surface area contributed by atoms with Gasteiger partial charge in [-0.15, -0.1) is 11.3 Å². The lowest BCUT2D eigenvalue weighted by molar-refractivity contribution is -0.119. The molecular formula is C24H22N2O5S. The van der Waals surface area contributed by atoms with Crippen LogP contribution >= 0.6 is 11.3 Å². The Bertz CT molecular complexity index is 1130. The topological polar surface area (TPSA) is 94.6 Å². The lowest BCUT2D eigenvalue weighted by Crippen LogP contribution is -2.22. The number of fused-ring (bicyclic) bond motifs is 1. The van der Waals surface area contributed by atoms with Crippen LogP contribution in [0.1, 0.15) is 49.1 Å². The summed E-state index contributed by atoms with van der Waals surface area (Å²) in [6.07, 6.45) is 5.33. The van der Waals surface area contributed by atoms with Crippen LogP contribution in [0.2, 0.25) is 0 Å². The van der Waals surface area contributed by atoms with E-state index in [-0.39, 0.29) is 5.56 Å². The van der Waals surface area contributed by atoms with Crippen molar-refractivity contribution in [2.24, 2.45) is 0 Å². The Morgan fingerprint density at radius 3 is 2.66 bits per heavy atom. The second kappa shape index (κ2) is 9.74. The van der Waals surface area contributed by atoms with E-state index in [2.05, 4.69) is 22.4 Å². The molecular weight excluding hydrogens is 428 g/mol. The zero-order valence-corrected chi connectivity index (χ0v) is 18.3. The van der Waals surface area contributed by atoms with E-state index in [0.29, 0.717) is 16.5 Å². The van der Waals surface area contributed by atoms with E-state index in [1.807, 2.05) is 18.2 Å². The van der Waals surface area contributed by atoms with E-state index >= 15 is 0 Å². The summed E-state index contributed by atoms with van der Waals surface area (Å²) in [5.41, 5.74) is 2.84. The van der Waals surface area contributed by atoms with Gasteiger partial charge in [-0.25, -0.2) is 9.59 Å². The molecule has 1 atom stereocenters. The number of aromatic nitrogens is 1. The third-order valence-corrected chi connectivity index (χ3v) is 6.58. The molecule has 4 rings (SSSR count). The van der Waals surface area contributed by atoms with Gasteiger partial charge in [-0.3, -0.25) is 9.78 Å². The second-order valence-electron chi connectivity index (χ2n) is 7.42. The van der Waals surface area contributed by atoms with E-state index in [1.54, 1.807) is 18.3 Å². The molecule has 0 bridgehead atoms. The highest BCUT2D eigenvalue weighted by atomic mass is 32.1. The minimum Gasteiger partial charge on any atom is -0.465 e. The molecule has 2 heterocycles. The van der Waals surface area contributed by atoms with Crippen molar-refractivity contribution < 1.29 is 23.9 Å². The Morgan fingerprint density at radius 1 is 1.12 bits per heavy atom. The molecule has 0 saturated heterocycles. The number of rotatable bonds is 6. The molecule has 1 amide bonds. The summed E-state index contributed by atoms with van der Waals surface area (Å²) < 4.78 is 10.0. The summed E-state index contributed by atoms with van der Waals surface area (Å²) in [5, 5.41) is 3.16. The van der Waals surface area contributed by atoms with E-state index in [9.17, 15) is 14.4 Å². The molecule has 32 heavy (non-hydrogen) atoms. The molecule has 164 valence electrons. The van der Waals surface area contributed by atoms with Crippen LogP contribution in [0.15, 0.2) is 54.9 Å². The molecule has 2 aromatic heterocycles. The molecule has 0 spiro atoms. The zero-order valence-electron chi connectivity index (χ0n) is 17.5. The first-order valence-electron chi connectivity index (χ1n) is 10.2. The number of carbonyl (C=O) groups is 3. The third kappa shape index (κ3) is 4.70. The Morgan fingerprint density at radius 2 is 1.94 bits per heavy atom.